The smallest absolute Gasteiger partial charge is 0.143 e. The summed E-state index contributed by atoms with van der Waals surface area (Å²) in [6.07, 6.45) is 0.0328. The average molecular weight is 563 g/mol. The van der Waals surface area contributed by atoms with Crippen LogP contribution in [0.15, 0.2) is 150 Å². The topological polar surface area (TPSA) is 28.4 Å². The Morgan fingerprint density at radius 3 is 2.11 bits per heavy atom. The Hall–Kier alpha value is -5.80. The van der Waals surface area contributed by atoms with E-state index >= 15 is 0 Å². The van der Waals surface area contributed by atoms with Crippen molar-refractivity contribution in [1.29, 1.82) is 0 Å². The number of furan rings is 1. The van der Waals surface area contributed by atoms with Gasteiger partial charge in [0.25, 0.3) is 0 Å². The van der Waals surface area contributed by atoms with Crippen molar-refractivity contribution in [2.45, 2.75) is 6.17 Å². The predicted molar refractivity (Wildman–Crippen MR) is 182 cm³/mol. The molecule has 1 aliphatic carbocycles. The molecule has 7 aromatic carbocycles. The van der Waals surface area contributed by atoms with Crippen molar-refractivity contribution in [1.82, 2.24) is 0 Å². The first-order chi connectivity index (χ1) is 21.8. The standard InChI is InChI=1S/C41H26N2O/c1-2-9-26(10-3-1)41-42-36-15-6-7-16-37(36)43(41)28-20-17-25(18-21-28)27-19-22-31-35-24-34-30-12-5-4-11-29(30)32-13-8-14-33(39(32)34)40(35)44-38(31)23-27/h1-24,41-42H. The second-order valence-corrected chi connectivity index (χ2v) is 11.8. The molecule has 0 bridgehead atoms. The fourth-order valence-electron chi connectivity index (χ4n) is 7.40. The van der Waals surface area contributed by atoms with E-state index in [9.17, 15) is 0 Å². The number of hydrogen-bond donors (Lipinski definition) is 1. The number of nitrogens with one attached hydrogen (secondary N) is 1. The quantitative estimate of drug-likeness (QED) is 0.232. The second-order valence-electron chi connectivity index (χ2n) is 11.8. The van der Waals surface area contributed by atoms with Gasteiger partial charge in [-0.15, -0.1) is 0 Å². The molecule has 3 nitrogen and oxygen atoms in total. The van der Waals surface area contributed by atoms with E-state index in [0.29, 0.717) is 0 Å². The van der Waals surface area contributed by atoms with Crippen molar-refractivity contribution in [2.24, 2.45) is 0 Å². The minimum Gasteiger partial charge on any atom is -0.455 e. The minimum absolute atomic E-state index is 0.0328. The lowest BCUT2D eigenvalue weighted by atomic mass is 9.98. The molecule has 44 heavy (non-hydrogen) atoms. The summed E-state index contributed by atoms with van der Waals surface area (Å²) in [6, 6.07) is 52.3. The predicted octanol–water partition coefficient (Wildman–Crippen LogP) is 11.3. The summed E-state index contributed by atoms with van der Waals surface area (Å²) in [5.41, 5.74) is 14.1. The number of rotatable bonds is 3. The van der Waals surface area contributed by atoms with Crippen LogP contribution in [-0.4, -0.2) is 0 Å². The SMILES string of the molecule is c1ccc(C2Nc3ccccc3N2c2ccc(-c3ccc4c(c3)oc3c5cccc6c5c(cc43)-c3ccccc3-6)cc2)cc1. The fraction of sp³-hybridized carbons (Fsp3) is 0.0244. The molecule has 0 saturated heterocycles. The van der Waals surface area contributed by atoms with Gasteiger partial charge in [0.2, 0.25) is 0 Å². The highest BCUT2D eigenvalue weighted by Crippen LogP contribution is 2.51. The molecule has 8 aromatic rings. The third-order valence-corrected chi connectivity index (χ3v) is 9.41. The van der Waals surface area contributed by atoms with E-state index in [1.165, 1.54) is 49.7 Å². The Labute approximate surface area is 254 Å². The Bertz CT molecular complexity index is 2420. The van der Waals surface area contributed by atoms with Crippen LogP contribution in [0.25, 0.3) is 66.1 Å². The molecule has 0 spiro atoms. The molecule has 206 valence electrons. The van der Waals surface area contributed by atoms with Crippen molar-refractivity contribution in [2.75, 3.05) is 10.2 Å². The Balaban J connectivity index is 1.06. The molecule has 3 heteroatoms. The fourth-order valence-corrected chi connectivity index (χ4v) is 7.40. The lowest BCUT2D eigenvalue weighted by Crippen LogP contribution is -2.23. The minimum atomic E-state index is 0.0328. The summed E-state index contributed by atoms with van der Waals surface area (Å²) in [6.45, 7) is 0. The van der Waals surface area contributed by atoms with Gasteiger partial charge in [0.1, 0.15) is 17.3 Å². The van der Waals surface area contributed by atoms with Gasteiger partial charge in [0.15, 0.2) is 0 Å². The maximum atomic E-state index is 6.66. The monoisotopic (exact) mass is 562 g/mol. The van der Waals surface area contributed by atoms with Crippen molar-refractivity contribution in [3.05, 3.63) is 151 Å². The molecule has 1 aromatic heterocycles. The Morgan fingerprint density at radius 1 is 0.523 bits per heavy atom. The molecule has 1 atom stereocenters. The third kappa shape index (κ3) is 3.27. The molecule has 0 saturated carbocycles. The number of benzene rings is 7. The van der Waals surface area contributed by atoms with E-state index in [-0.39, 0.29) is 6.17 Å². The van der Waals surface area contributed by atoms with Crippen LogP contribution in [0.3, 0.4) is 0 Å². The van der Waals surface area contributed by atoms with Gasteiger partial charge in [-0.2, -0.15) is 0 Å². The highest BCUT2D eigenvalue weighted by molar-refractivity contribution is 6.25. The van der Waals surface area contributed by atoms with Crippen LogP contribution in [-0.2, 0) is 0 Å². The Kier molecular flexibility index (Phi) is 4.77. The maximum absolute atomic E-state index is 6.66. The zero-order chi connectivity index (χ0) is 28.8. The molecule has 1 unspecified atom stereocenters. The van der Waals surface area contributed by atoms with Crippen LogP contribution in [0.2, 0.25) is 0 Å². The van der Waals surface area contributed by atoms with E-state index in [1.807, 2.05) is 0 Å². The van der Waals surface area contributed by atoms with E-state index in [1.54, 1.807) is 0 Å². The van der Waals surface area contributed by atoms with Gasteiger partial charge in [0.05, 0.1) is 11.4 Å². The number of fused-ring (bicyclic) bond motifs is 8. The van der Waals surface area contributed by atoms with Crippen LogP contribution in [0.1, 0.15) is 11.7 Å². The zero-order valence-corrected chi connectivity index (χ0v) is 23.8. The van der Waals surface area contributed by atoms with Gasteiger partial charge in [-0.1, -0.05) is 103 Å². The van der Waals surface area contributed by atoms with E-state index in [2.05, 4.69) is 156 Å². The lowest BCUT2D eigenvalue weighted by Gasteiger charge is -2.27. The van der Waals surface area contributed by atoms with Crippen molar-refractivity contribution < 1.29 is 4.42 Å². The molecule has 0 amide bonds. The molecule has 2 aliphatic rings. The third-order valence-electron chi connectivity index (χ3n) is 9.41. The number of para-hydroxylation sites is 2. The largest absolute Gasteiger partial charge is 0.455 e. The van der Waals surface area contributed by atoms with Crippen molar-refractivity contribution in [3.8, 4) is 33.4 Å². The first-order valence-electron chi connectivity index (χ1n) is 15.1. The second kappa shape index (κ2) is 8.85. The average Bonchev–Trinajstić information content (AvgIpc) is 3.76. The first-order valence-corrected chi connectivity index (χ1v) is 15.1. The Morgan fingerprint density at radius 2 is 1.25 bits per heavy atom. The van der Waals surface area contributed by atoms with Gasteiger partial charge in [-0.05, 0) is 81.4 Å². The molecular formula is C41H26N2O. The molecule has 2 heterocycles. The zero-order valence-electron chi connectivity index (χ0n) is 23.8. The summed E-state index contributed by atoms with van der Waals surface area (Å²) >= 11 is 0. The van der Waals surface area contributed by atoms with Gasteiger partial charge >= 0.3 is 0 Å². The van der Waals surface area contributed by atoms with Crippen molar-refractivity contribution >= 4 is 49.8 Å². The van der Waals surface area contributed by atoms with E-state index in [0.717, 1.165) is 39.1 Å². The van der Waals surface area contributed by atoms with Crippen LogP contribution < -0.4 is 10.2 Å². The molecule has 0 fully saturated rings. The molecular weight excluding hydrogens is 536 g/mol. The summed E-state index contributed by atoms with van der Waals surface area (Å²) < 4.78 is 6.66. The summed E-state index contributed by atoms with van der Waals surface area (Å²) in [4.78, 5) is 2.38. The maximum Gasteiger partial charge on any atom is 0.143 e. The van der Waals surface area contributed by atoms with Crippen LogP contribution in [0, 0.1) is 0 Å². The summed E-state index contributed by atoms with van der Waals surface area (Å²) in [5, 5.41) is 8.52. The van der Waals surface area contributed by atoms with E-state index in [4.69, 9.17) is 4.42 Å². The number of nitrogens with zero attached hydrogens (tertiary/aromatic N) is 1. The lowest BCUT2D eigenvalue weighted by molar-refractivity contribution is 0.673. The highest BCUT2D eigenvalue weighted by Gasteiger charge is 2.31. The van der Waals surface area contributed by atoms with Gasteiger partial charge in [-0.25, -0.2) is 0 Å². The van der Waals surface area contributed by atoms with Crippen LogP contribution in [0.5, 0.6) is 0 Å². The summed E-state index contributed by atoms with van der Waals surface area (Å²) in [7, 11) is 0. The van der Waals surface area contributed by atoms with Gasteiger partial charge in [-0.3, -0.25) is 0 Å². The number of hydrogen-bond acceptors (Lipinski definition) is 3. The number of anilines is 3. The highest BCUT2D eigenvalue weighted by atomic mass is 16.3. The van der Waals surface area contributed by atoms with E-state index < -0.39 is 0 Å². The summed E-state index contributed by atoms with van der Waals surface area (Å²) in [5.74, 6) is 0. The molecule has 0 radical (unpaired) electrons. The van der Waals surface area contributed by atoms with Gasteiger partial charge in [0, 0.05) is 27.2 Å². The van der Waals surface area contributed by atoms with Crippen LogP contribution >= 0.6 is 0 Å². The first kappa shape index (κ1) is 23.7. The molecule has 1 aliphatic heterocycles. The van der Waals surface area contributed by atoms with Crippen molar-refractivity contribution in [3.63, 3.8) is 0 Å². The van der Waals surface area contributed by atoms with Gasteiger partial charge < -0.3 is 14.6 Å². The molecule has 10 rings (SSSR count). The normalized spacial score (nSPS) is 14.7. The molecule has 1 N–H and O–H groups in total. The van der Waals surface area contributed by atoms with Crippen LogP contribution in [0.4, 0.5) is 17.1 Å².